The van der Waals surface area contributed by atoms with Crippen LogP contribution in [0.1, 0.15) is 12.8 Å². The first kappa shape index (κ1) is 13.6. The third-order valence-electron chi connectivity index (χ3n) is 3.09. The third kappa shape index (κ3) is 2.78. The summed E-state index contributed by atoms with van der Waals surface area (Å²) in [6, 6.07) is 3.29. The highest BCUT2D eigenvalue weighted by atomic mass is 32.2. The van der Waals surface area contributed by atoms with Gasteiger partial charge in [0.25, 0.3) is 0 Å². The van der Waals surface area contributed by atoms with Crippen LogP contribution in [0.15, 0.2) is 23.1 Å². The van der Waals surface area contributed by atoms with Crippen molar-refractivity contribution in [1.29, 1.82) is 0 Å². The topological polar surface area (TPSA) is 72.2 Å². The number of benzene rings is 1. The van der Waals surface area contributed by atoms with E-state index in [2.05, 4.69) is 4.72 Å². The van der Waals surface area contributed by atoms with Crippen LogP contribution in [0.2, 0.25) is 0 Å². The van der Waals surface area contributed by atoms with Gasteiger partial charge in [-0.3, -0.25) is 0 Å². The van der Waals surface area contributed by atoms with E-state index in [1.165, 1.54) is 6.07 Å². The van der Waals surface area contributed by atoms with Gasteiger partial charge in [-0.2, -0.15) is 11.8 Å². The Balaban J connectivity index is 2.15. The minimum absolute atomic E-state index is 0.0296. The molecule has 0 amide bonds. The van der Waals surface area contributed by atoms with Gasteiger partial charge in [-0.05, 0) is 37.3 Å². The van der Waals surface area contributed by atoms with Gasteiger partial charge in [0.15, 0.2) is 0 Å². The normalized spacial score (nSPS) is 17.7. The molecule has 4 nitrogen and oxygen atoms in total. The zero-order chi connectivity index (χ0) is 13.4. The van der Waals surface area contributed by atoms with E-state index in [4.69, 9.17) is 5.73 Å². The second kappa shape index (κ2) is 4.71. The number of rotatable bonds is 5. The summed E-state index contributed by atoms with van der Waals surface area (Å²) < 4.78 is 39.5. The van der Waals surface area contributed by atoms with E-state index in [1.54, 1.807) is 11.8 Å². The smallest absolute Gasteiger partial charge is 0.242 e. The standard InChI is InChI=1S/C11H15FN2O2S2/c1-17-11(4-5-11)7-14-18(15,16)10-3-2-8(12)6-9(10)13/h2-3,6,14H,4-5,7,13H2,1H3. The SMILES string of the molecule is CSC1(CNS(=O)(=O)c2ccc(F)cc2N)CC1. The van der Waals surface area contributed by atoms with Crippen molar-refractivity contribution in [1.82, 2.24) is 4.72 Å². The Bertz CT molecular complexity index is 556. The first-order chi connectivity index (χ1) is 8.38. The molecule has 18 heavy (non-hydrogen) atoms. The van der Waals surface area contributed by atoms with Crippen LogP contribution in [0.4, 0.5) is 10.1 Å². The van der Waals surface area contributed by atoms with E-state index in [0.29, 0.717) is 6.54 Å². The second-order valence-electron chi connectivity index (χ2n) is 4.39. The minimum Gasteiger partial charge on any atom is -0.398 e. The molecule has 100 valence electrons. The summed E-state index contributed by atoms with van der Waals surface area (Å²) in [4.78, 5) is -0.0687. The van der Waals surface area contributed by atoms with Crippen molar-refractivity contribution in [2.75, 3.05) is 18.5 Å². The molecule has 0 radical (unpaired) electrons. The average Bonchev–Trinajstić information content (AvgIpc) is 3.07. The molecule has 0 bridgehead atoms. The Kier molecular flexibility index (Phi) is 3.57. The maximum absolute atomic E-state index is 12.9. The molecular formula is C11H15FN2O2S2. The summed E-state index contributed by atoms with van der Waals surface area (Å²) in [5.74, 6) is -0.547. The van der Waals surface area contributed by atoms with Crippen molar-refractivity contribution >= 4 is 27.5 Å². The molecule has 3 N–H and O–H groups in total. The van der Waals surface area contributed by atoms with Crippen molar-refractivity contribution in [3.05, 3.63) is 24.0 Å². The fourth-order valence-electron chi connectivity index (χ4n) is 1.66. The van der Waals surface area contributed by atoms with Crippen LogP contribution in [-0.4, -0.2) is 26.0 Å². The molecule has 0 saturated heterocycles. The number of hydrogen-bond donors (Lipinski definition) is 2. The second-order valence-corrected chi connectivity index (χ2v) is 7.40. The molecule has 0 aromatic heterocycles. The lowest BCUT2D eigenvalue weighted by atomic mass is 10.3. The van der Waals surface area contributed by atoms with Crippen molar-refractivity contribution in [3.63, 3.8) is 0 Å². The molecule has 1 fully saturated rings. The fraction of sp³-hybridized carbons (Fsp3) is 0.455. The number of halogens is 1. The Labute approximate surface area is 110 Å². The first-order valence-corrected chi connectivity index (χ1v) is 8.19. The monoisotopic (exact) mass is 290 g/mol. The summed E-state index contributed by atoms with van der Waals surface area (Å²) >= 11 is 1.66. The zero-order valence-corrected chi connectivity index (χ0v) is 11.6. The number of nitrogens with one attached hydrogen (secondary N) is 1. The Morgan fingerprint density at radius 2 is 2.17 bits per heavy atom. The molecule has 1 aliphatic rings. The summed E-state index contributed by atoms with van der Waals surface area (Å²) in [6.45, 7) is 0.382. The van der Waals surface area contributed by atoms with Crippen LogP contribution in [0.25, 0.3) is 0 Å². The van der Waals surface area contributed by atoms with Crippen molar-refractivity contribution in [2.24, 2.45) is 0 Å². The highest BCUT2D eigenvalue weighted by molar-refractivity contribution is 8.00. The fourth-order valence-corrected chi connectivity index (χ4v) is 3.72. The maximum atomic E-state index is 12.9. The van der Waals surface area contributed by atoms with Crippen molar-refractivity contribution in [2.45, 2.75) is 22.5 Å². The zero-order valence-electron chi connectivity index (χ0n) is 9.94. The predicted molar refractivity (Wildman–Crippen MR) is 71.5 cm³/mol. The van der Waals surface area contributed by atoms with Gasteiger partial charge in [-0.25, -0.2) is 17.5 Å². The lowest BCUT2D eigenvalue weighted by Crippen LogP contribution is -2.32. The molecule has 0 unspecified atom stereocenters. The number of nitrogen functional groups attached to an aromatic ring is 1. The van der Waals surface area contributed by atoms with Gasteiger partial charge in [-0.15, -0.1) is 0 Å². The van der Waals surface area contributed by atoms with Crippen LogP contribution >= 0.6 is 11.8 Å². The molecule has 0 spiro atoms. The molecule has 1 aromatic rings. The number of thioether (sulfide) groups is 1. The number of nitrogens with two attached hydrogens (primary N) is 1. The molecule has 1 aliphatic carbocycles. The van der Waals surface area contributed by atoms with Crippen molar-refractivity contribution in [3.8, 4) is 0 Å². The van der Waals surface area contributed by atoms with Crippen LogP contribution in [0.5, 0.6) is 0 Å². The summed E-state index contributed by atoms with van der Waals surface area (Å²) in [5, 5.41) is 0. The molecule has 0 atom stereocenters. The summed E-state index contributed by atoms with van der Waals surface area (Å²) in [5.41, 5.74) is 5.46. The van der Waals surface area contributed by atoms with Crippen LogP contribution in [0.3, 0.4) is 0 Å². The highest BCUT2D eigenvalue weighted by Gasteiger charge is 2.42. The predicted octanol–water partition coefficient (Wildman–Crippen LogP) is 1.58. The average molecular weight is 290 g/mol. The van der Waals surface area contributed by atoms with E-state index in [0.717, 1.165) is 25.0 Å². The Morgan fingerprint density at radius 3 is 2.67 bits per heavy atom. The summed E-state index contributed by atoms with van der Waals surface area (Å²) in [6.07, 6.45) is 3.98. The van der Waals surface area contributed by atoms with Crippen molar-refractivity contribution < 1.29 is 12.8 Å². The van der Waals surface area contributed by atoms with Gasteiger partial charge in [-0.1, -0.05) is 0 Å². The molecule has 7 heteroatoms. The lowest BCUT2D eigenvalue weighted by molar-refractivity contribution is 0.579. The molecule has 1 saturated carbocycles. The van der Waals surface area contributed by atoms with Gasteiger partial charge >= 0.3 is 0 Å². The molecule has 0 aliphatic heterocycles. The minimum atomic E-state index is -3.67. The van der Waals surface area contributed by atoms with E-state index in [1.807, 2.05) is 6.26 Å². The number of hydrogen-bond acceptors (Lipinski definition) is 4. The first-order valence-electron chi connectivity index (χ1n) is 5.48. The maximum Gasteiger partial charge on any atom is 0.242 e. The van der Waals surface area contributed by atoms with Gasteiger partial charge in [0.05, 0.1) is 5.69 Å². The number of anilines is 1. The Morgan fingerprint density at radius 1 is 1.50 bits per heavy atom. The number of sulfonamides is 1. The largest absolute Gasteiger partial charge is 0.398 e. The lowest BCUT2D eigenvalue weighted by Gasteiger charge is -2.14. The van der Waals surface area contributed by atoms with Gasteiger partial charge < -0.3 is 5.73 Å². The Hall–Kier alpha value is -0.790. The van der Waals surface area contributed by atoms with Gasteiger partial charge in [0, 0.05) is 11.3 Å². The van der Waals surface area contributed by atoms with E-state index >= 15 is 0 Å². The molecule has 0 heterocycles. The van der Waals surface area contributed by atoms with Crippen LogP contribution in [-0.2, 0) is 10.0 Å². The van der Waals surface area contributed by atoms with E-state index in [9.17, 15) is 12.8 Å². The van der Waals surface area contributed by atoms with Gasteiger partial charge in [0.2, 0.25) is 10.0 Å². The van der Waals surface area contributed by atoms with Gasteiger partial charge in [0.1, 0.15) is 10.7 Å². The third-order valence-corrected chi connectivity index (χ3v) is 5.98. The highest BCUT2D eigenvalue weighted by Crippen LogP contribution is 2.46. The molecule has 2 rings (SSSR count). The van der Waals surface area contributed by atoms with E-state index < -0.39 is 15.8 Å². The summed E-state index contributed by atoms with van der Waals surface area (Å²) in [7, 11) is -3.67. The molecular weight excluding hydrogens is 275 g/mol. The van der Waals surface area contributed by atoms with Crippen LogP contribution < -0.4 is 10.5 Å². The van der Waals surface area contributed by atoms with Crippen LogP contribution in [0, 0.1) is 5.82 Å². The quantitative estimate of drug-likeness (QED) is 0.808. The molecule has 1 aromatic carbocycles. The van der Waals surface area contributed by atoms with E-state index in [-0.39, 0.29) is 15.3 Å².